The van der Waals surface area contributed by atoms with E-state index < -0.39 is 6.10 Å². The van der Waals surface area contributed by atoms with Crippen LogP contribution in [-0.2, 0) is 0 Å². The van der Waals surface area contributed by atoms with Crippen LogP contribution in [-0.4, -0.2) is 24.2 Å². The van der Waals surface area contributed by atoms with Crippen molar-refractivity contribution >= 4 is 0 Å². The van der Waals surface area contributed by atoms with E-state index in [0.29, 0.717) is 5.69 Å². The summed E-state index contributed by atoms with van der Waals surface area (Å²) < 4.78 is 4.22. The molecule has 4 rings (SSSR count). The van der Waals surface area contributed by atoms with Crippen LogP contribution < -0.4 is 0 Å². The number of aliphatic hydroxyl groups is 1. The van der Waals surface area contributed by atoms with Gasteiger partial charge < -0.3 is 14.2 Å². The minimum Gasteiger partial charge on any atom is -0.382 e. The Morgan fingerprint density at radius 1 is 0.690 bits per heavy atom. The predicted molar refractivity (Wildman–Crippen MR) is 115 cm³/mol. The van der Waals surface area contributed by atoms with Crippen LogP contribution in [0.1, 0.15) is 45.8 Å². The van der Waals surface area contributed by atoms with E-state index in [4.69, 9.17) is 4.98 Å². The van der Waals surface area contributed by atoms with Gasteiger partial charge in [0.15, 0.2) is 0 Å². The summed E-state index contributed by atoms with van der Waals surface area (Å²) in [5, 5.41) is 11.1. The average molecular weight is 386 g/mol. The van der Waals surface area contributed by atoms with Crippen LogP contribution in [0, 0.1) is 34.6 Å². The van der Waals surface area contributed by atoms with Crippen LogP contribution in [0.2, 0.25) is 0 Å². The summed E-state index contributed by atoms with van der Waals surface area (Å²) in [6.07, 6.45) is -0.831. The molecule has 5 nitrogen and oxygen atoms in total. The number of hydrogen-bond acceptors (Lipinski definition) is 3. The number of pyridine rings is 2. The highest BCUT2D eigenvalue weighted by Crippen LogP contribution is 2.27. The van der Waals surface area contributed by atoms with Crippen LogP contribution in [0.25, 0.3) is 11.6 Å². The maximum Gasteiger partial charge on any atom is 0.139 e. The second kappa shape index (κ2) is 7.33. The first kappa shape index (κ1) is 19.2. The van der Waals surface area contributed by atoms with Gasteiger partial charge in [0.1, 0.15) is 17.7 Å². The molecule has 1 unspecified atom stereocenters. The van der Waals surface area contributed by atoms with Crippen molar-refractivity contribution < 1.29 is 5.11 Å². The van der Waals surface area contributed by atoms with Gasteiger partial charge in [-0.1, -0.05) is 6.07 Å². The lowest BCUT2D eigenvalue weighted by molar-refractivity contribution is 0.215. The Morgan fingerprint density at radius 2 is 1.17 bits per heavy atom. The van der Waals surface area contributed by atoms with Gasteiger partial charge in [-0.3, -0.25) is 4.98 Å². The number of aromatic nitrogens is 4. The molecule has 0 aliphatic carbocycles. The number of aliphatic hydroxyl groups excluding tert-OH is 1. The Morgan fingerprint density at radius 3 is 1.62 bits per heavy atom. The third-order valence-corrected chi connectivity index (χ3v) is 5.33. The molecule has 1 N–H and O–H groups in total. The number of rotatable bonds is 4. The fourth-order valence-corrected chi connectivity index (χ4v) is 3.86. The highest BCUT2D eigenvalue weighted by molar-refractivity contribution is 5.44. The molecule has 1 atom stereocenters. The van der Waals surface area contributed by atoms with Crippen LogP contribution in [0.15, 0.2) is 54.6 Å². The fraction of sp³-hybridized carbons (Fsp3) is 0.250. The topological polar surface area (TPSA) is 55.9 Å². The van der Waals surface area contributed by atoms with Crippen molar-refractivity contribution in [1.29, 1.82) is 0 Å². The maximum atomic E-state index is 11.1. The van der Waals surface area contributed by atoms with Gasteiger partial charge in [-0.2, -0.15) is 0 Å². The predicted octanol–water partition coefficient (Wildman–Crippen LogP) is 4.68. The molecule has 0 radical (unpaired) electrons. The van der Waals surface area contributed by atoms with Gasteiger partial charge in [-0.05, 0) is 88.7 Å². The molecule has 4 aromatic heterocycles. The molecule has 4 aromatic rings. The summed E-state index contributed by atoms with van der Waals surface area (Å²) in [7, 11) is 0. The molecule has 0 aliphatic rings. The molecule has 0 aromatic carbocycles. The van der Waals surface area contributed by atoms with E-state index in [0.717, 1.165) is 45.7 Å². The molecule has 0 amide bonds. The van der Waals surface area contributed by atoms with Crippen LogP contribution in [0.4, 0.5) is 0 Å². The Bertz CT molecular complexity index is 1080. The van der Waals surface area contributed by atoms with Gasteiger partial charge >= 0.3 is 0 Å². The third-order valence-electron chi connectivity index (χ3n) is 5.33. The van der Waals surface area contributed by atoms with Gasteiger partial charge in [0, 0.05) is 28.5 Å². The lowest BCUT2D eigenvalue weighted by atomic mass is 10.1. The average Bonchev–Trinajstić information content (AvgIpc) is 3.21. The van der Waals surface area contributed by atoms with Crippen LogP contribution in [0.5, 0.6) is 0 Å². The molecule has 148 valence electrons. The van der Waals surface area contributed by atoms with E-state index in [9.17, 15) is 5.11 Å². The SMILES string of the molecule is Cc1cccc(C(O)c2cc(-n3c(C)ccc3C)nc(-n3c(C)ccc3C)c2)n1. The van der Waals surface area contributed by atoms with Crippen molar-refractivity contribution in [2.45, 2.75) is 40.7 Å². The van der Waals surface area contributed by atoms with E-state index in [1.807, 2.05) is 37.3 Å². The van der Waals surface area contributed by atoms with E-state index in [-0.39, 0.29) is 0 Å². The Kier molecular flexibility index (Phi) is 4.84. The molecule has 5 heteroatoms. The van der Waals surface area contributed by atoms with Gasteiger partial charge in [0.05, 0.1) is 5.69 Å². The zero-order chi connectivity index (χ0) is 20.7. The molecule has 29 heavy (non-hydrogen) atoms. The second-order valence-electron chi connectivity index (χ2n) is 7.63. The molecule has 0 aliphatic heterocycles. The molecule has 4 heterocycles. The molecule has 0 fully saturated rings. The largest absolute Gasteiger partial charge is 0.382 e. The highest BCUT2D eigenvalue weighted by atomic mass is 16.3. The molecule has 0 spiro atoms. The third kappa shape index (κ3) is 3.49. The van der Waals surface area contributed by atoms with Gasteiger partial charge in [-0.25, -0.2) is 4.98 Å². The zero-order valence-electron chi connectivity index (χ0n) is 17.5. The van der Waals surface area contributed by atoms with Crippen molar-refractivity contribution in [3.05, 3.63) is 94.3 Å². The number of aryl methyl sites for hydroxylation is 5. The van der Waals surface area contributed by atoms with Crippen LogP contribution >= 0.6 is 0 Å². The first-order valence-electron chi connectivity index (χ1n) is 9.79. The quantitative estimate of drug-likeness (QED) is 0.554. The minimum absolute atomic E-state index is 0.634. The lowest BCUT2D eigenvalue weighted by Gasteiger charge is -2.18. The fourth-order valence-electron chi connectivity index (χ4n) is 3.86. The second-order valence-corrected chi connectivity index (χ2v) is 7.63. The molecule has 0 saturated carbocycles. The summed E-state index contributed by atoms with van der Waals surface area (Å²) in [5.74, 6) is 1.58. The van der Waals surface area contributed by atoms with E-state index in [1.165, 1.54) is 0 Å². The molecular weight excluding hydrogens is 360 g/mol. The first-order valence-corrected chi connectivity index (χ1v) is 9.79. The Balaban J connectivity index is 1.94. The number of hydrogen-bond donors (Lipinski definition) is 1. The van der Waals surface area contributed by atoms with E-state index in [1.54, 1.807) is 0 Å². The van der Waals surface area contributed by atoms with Crippen molar-refractivity contribution in [3.8, 4) is 11.6 Å². The van der Waals surface area contributed by atoms with Gasteiger partial charge in [-0.15, -0.1) is 0 Å². The van der Waals surface area contributed by atoms with Crippen molar-refractivity contribution in [2.24, 2.45) is 0 Å². The van der Waals surface area contributed by atoms with Crippen LogP contribution in [0.3, 0.4) is 0 Å². The van der Waals surface area contributed by atoms with Crippen molar-refractivity contribution in [2.75, 3.05) is 0 Å². The van der Waals surface area contributed by atoms with E-state index >= 15 is 0 Å². The lowest BCUT2D eigenvalue weighted by Crippen LogP contribution is -2.11. The Hall–Kier alpha value is -3.18. The standard InChI is InChI=1S/C24H26N4O/c1-15-7-6-8-21(25-15)24(29)20-13-22(27-16(2)9-10-17(27)3)26-23(14-20)28-18(4)11-12-19(28)5/h6-14,24,29H,1-5H3. The van der Waals surface area contributed by atoms with Crippen molar-refractivity contribution in [1.82, 2.24) is 19.1 Å². The Labute approximate surface area is 171 Å². The monoisotopic (exact) mass is 386 g/mol. The molecule has 0 bridgehead atoms. The molecule has 0 saturated heterocycles. The highest BCUT2D eigenvalue weighted by Gasteiger charge is 2.18. The zero-order valence-corrected chi connectivity index (χ0v) is 17.5. The minimum atomic E-state index is -0.831. The maximum absolute atomic E-state index is 11.1. The number of nitrogens with zero attached hydrogens (tertiary/aromatic N) is 4. The van der Waals surface area contributed by atoms with Crippen molar-refractivity contribution in [3.63, 3.8) is 0 Å². The molecular formula is C24H26N4O. The van der Waals surface area contributed by atoms with Gasteiger partial charge in [0.2, 0.25) is 0 Å². The van der Waals surface area contributed by atoms with E-state index in [2.05, 4.69) is 66.1 Å². The smallest absolute Gasteiger partial charge is 0.139 e. The first-order chi connectivity index (χ1) is 13.8. The summed E-state index contributed by atoms with van der Waals surface area (Å²) in [5.41, 5.74) is 6.68. The summed E-state index contributed by atoms with van der Waals surface area (Å²) in [4.78, 5) is 9.47. The summed E-state index contributed by atoms with van der Waals surface area (Å²) in [6, 6.07) is 17.9. The van der Waals surface area contributed by atoms with Gasteiger partial charge in [0.25, 0.3) is 0 Å². The summed E-state index contributed by atoms with van der Waals surface area (Å²) >= 11 is 0. The normalized spacial score (nSPS) is 12.3. The summed E-state index contributed by atoms with van der Waals surface area (Å²) in [6.45, 7) is 10.2.